The van der Waals surface area contributed by atoms with E-state index in [1.807, 2.05) is 18.2 Å². The number of aryl methyl sites for hydroxylation is 2. The molecule has 23 heavy (non-hydrogen) atoms. The Bertz CT molecular complexity index is 659. The number of ether oxygens (including phenoxy) is 2. The first kappa shape index (κ1) is 21.5. The van der Waals surface area contributed by atoms with Crippen LogP contribution in [-0.2, 0) is 29.2 Å². The van der Waals surface area contributed by atoms with Gasteiger partial charge in [0.25, 0.3) is 5.82 Å². The van der Waals surface area contributed by atoms with Crippen molar-refractivity contribution in [1.29, 1.82) is 0 Å². The van der Waals surface area contributed by atoms with E-state index < -0.39 is 5.97 Å². The molecule has 1 heterocycles. The molecule has 1 aromatic carbocycles. The average molecular weight is 364 g/mol. The predicted octanol–water partition coefficient (Wildman–Crippen LogP) is -1.60. The molecule has 0 aliphatic rings. The van der Waals surface area contributed by atoms with E-state index in [9.17, 15) is 4.79 Å². The Balaban J connectivity index is 0.00000242. The Hall–Kier alpha value is -1.50. The zero-order chi connectivity index (χ0) is 15.4. The molecule has 0 fully saturated rings. The van der Waals surface area contributed by atoms with Gasteiger partial charge in [0.15, 0.2) is 17.6 Å². The summed E-state index contributed by atoms with van der Waals surface area (Å²) >= 11 is 0. The summed E-state index contributed by atoms with van der Waals surface area (Å²) in [5, 5.41) is 0. The smallest absolute Gasteiger partial charge is 0.343 e. The van der Waals surface area contributed by atoms with Gasteiger partial charge in [0.05, 0.1) is 26.7 Å². The Labute approximate surface area is 148 Å². The summed E-state index contributed by atoms with van der Waals surface area (Å²) in [6.45, 7) is 6.26. The maximum absolute atomic E-state index is 11.1. The number of nitrogens with zero attached hydrogens (tertiary/aromatic N) is 2. The van der Waals surface area contributed by atoms with Crippen molar-refractivity contribution in [2.75, 3.05) is 13.7 Å². The van der Waals surface area contributed by atoms with Crippen molar-refractivity contribution in [1.82, 2.24) is 4.57 Å². The summed E-state index contributed by atoms with van der Waals surface area (Å²) in [6.07, 6.45) is 0. The number of nitrogens with two attached hydrogens (primary N) is 1. The largest absolute Gasteiger partial charge is 1.00 e. The number of rotatable bonds is 6. The molecule has 8 heteroatoms. The zero-order valence-electron chi connectivity index (χ0n) is 13.5. The third kappa shape index (κ3) is 4.28. The third-order valence-corrected chi connectivity index (χ3v) is 3.55. The molecular weight excluding hydrogens is 341 g/mol. The molecular formula is C15H23Cl2N3O3. The second kappa shape index (κ2) is 9.60. The molecule has 0 saturated carbocycles. The molecule has 6 nitrogen and oxygen atoms in total. The van der Waals surface area contributed by atoms with Crippen LogP contribution < -0.4 is 27.4 Å². The Morgan fingerprint density at radius 1 is 1.35 bits per heavy atom. The number of fused-ring (bicyclic) bond motifs is 1. The summed E-state index contributed by atoms with van der Waals surface area (Å²) in [6, 6.07) is 5.79. The highest BCUT2D eigenvalue weighted by atomic mass is 35.5. The van der Waals surface area contributed by atoms with Crippen LogP contribution in [0.15, 0.2) is 18.2 Å². The number of hydrogen-bond acceptors (Lipinski definition) is 4. The highest BCUT2D eigenvalue weighted by Gasteiger charge is 2.22. The van der Waals surface area contributed by atoms with E-state index in [0.717, 1.165) is 29.9 Å². The van der Waals surface area contributed by atoms with Gasteiger partial charge >= 0.3 is 5.97 Å². The summed E-state index contributed by atoms with van der Waals surface area (Å²) in [7, 11) is 1.34. The van der Waals surface area contributed by atoms with Crippen molar-refractivity contribution >= 4 is 29.4 Å². The zero-order valence-corrected chi connectivity index (χ0v) is 15.1. The second-order valence-corrected chi connectivity index (χ2v) is 4.62. The fraction of sp³-hybridized carbons (Fsp3) is 0.467. The number of halogens is 2. The number of benzene rings is 1. The lowest BCUT2D eigenvalue weighted by atomic mass is 10.3. The Morgan fingerprint density at radius 3 is 2.57 bits per heavy atom. The lowest BCUT2D eigenvalue weighted by molar-refractivity contribution is -0.676. The van der Waals surface area contributed by atoms with Crippen LogP contribution in [0.3, 0.4) is 0 Å². The molecule has 0 atom stereocenters. The van der Waals surface area contributed by atoms with E-state index in [1.54, 1.807) is 0 Å². The quantitative estimate of drug-likeness (QED) is 0.496. The van der Waals surface area contributed by atoms with Gasteiger partial charge in [-0.1, -0.05) is 0 Å². The second-order valence-electron chi connectivity index (χ2n) is 4.62. The molecule has 0 bridgehead atoms. The minimum absolute atomic E-state index is 0. The van der Waals surface area contributed by atoms with Gasteiger partial charge in [-0.3, -0.25) is 0 Å². The number of methoxy groups -OCH3 is 1. The number of aromatic nitrogens is 2. The van der Waals surface area contributed by atoms with Gasteiger partial charge in [-0.15, -0.1) is 12.4 Å². The van der Waals surface area contributed by atoms with Gasteiger partial charge in [-0.2, -0.15) is 0 Å². The fourth-order valence-corrected chi connectivity index (χ4v) is 2.59. The third-order valence-electron chi connectivity index (χ3n) is 3.55. The van der Waals surface area contributed by atoms with Gasteiger partial charge in [0.1, 0.15) is 5.75 Å². The van der Waals surface area contributed by atoms with Crippen molar-refractivity contribution in [3.63, 3.8) is 0 Å². The van der Waals surface area contributed by atoms with Gasteiger partial charge < -0.3 is 27.6 Å². The van der Waals surface area contributed by atoms with E-state index in [1.165, 1.54) is 7.11 Å². The first-order chi connectivity index (χ1) is 10.2. The molecule has 2 aromatic rings. The van der Waals surface area contributed by atoms with Crippen molar-refractivity contribution in [3.05, 3.63) is 24.0 Å². The summed E-state index contributed by atoms with van der Waals surface area (Å²) in [5.41, 5.74) is 8.06. The highest BCUT2D eigenvalue weighted by molar-refractivity contribution is 5.85. The molecule has 2 rings (SSSR count). The fourth-order valence-electron chi connectivity index (χ4n) is 2.59. The molecule has 0 radical (unpaired) electrons. The van der Waals surface area contributed by atoms with Crippen LogP contribution in [0.1, 0.15) is 19.7 Å². The van der Waals surface area contributed by atoms with Gasteiger partial charge in [-0.05, 0) is 26.0 Å². The Morgan fingerprint density at radius 2 is 2.04 bits per heavy atom. The lowest BCUT2D eigenvalue weighted by Gasteiger charge is -2.04. The molecule has 2 N–H and O–H groups in total. The van der Waals surface area contributed by atoms with Crippen molar-refractivity contribution < 1.29 is 31.2 Å². The number of hydrogen-bond donors (Lipinski definition) is 1. The summed E-state index contributed by atoms with van der Waals surface area (Å²) in [5.74, 6) is 1.33. The van der Waals surface area contributed by atoms with E-state index in [-0.39, 0.29) is 31.4 Å². The molecule has 0 amide bonds. The number of carbonyl (C=O) groups is 1. The summed E-state index contributed by atoms with van der Waals surface area (Å²) < 4.78 is 14.4. The van der Waals surface area contributed by atoms with Gasteiger partial charge in [0, 0.05) is 6.07 Å². The van der Waals surface area contributed by atoms with E-state index in [4.69, 9.17) is 10.5 Å². The molecule has 0 spiro atoms. The van der Waals surface area contributed by atoms with Crippen LogP contribution in [0.2, 0.25) is 0 Å². The van der Waals surface area contributed by atoms with Gasteiger partial charge in [0.2, 0.25) is 0 Å². The SMILES string of the molecule is CCn1c(CN)[n+](CC)c2ccc(OCC(=O)OC)cc21.Cl.[Cl-]. The molecule has 1 aromatic heterocycles. The molecule has 0 saturated heterocycles. The first-order valence-corrected chi connectivity index (χ1v) is 7.10. The molecule has 130 valence electrons. The van der Waals surface area contributed by atoms with Gasteiger partial charge in [-0.25, -0.2) is 13.9 Å². The van der Waals surface area contributed by atoms with E-state index in [0.29, 0.717) is 12.3 Å². The number of esters is 1. The minimum Gasteiger partial charge on any atom is -1.00 e. The summed E-state index contributed by atoms with van der Waals surface area (Å²) in [4.78, 5) is 11.1. The van der Waals surface area contributed by atoms with Crippen LogP contribution >= 0.6 is 12.4 Å². The molecule has 0 aliphatic heterocycles. The van der Waals surface area contributed by atoms with E-state index >= 15 is 0 Å². The average Bonchev–Trinajstić information content (AvgIpc) is 2.84. The number of carbonyl (C=O) groups excluding carboxylic acids is 1. The van der Waals surface area contributed by atoms with Crippen LogP contribution in [0.4, 0.5) is 0 Å². The normalized spacial score (nSPS) is 9.91. The van der Waals surface area contributed by atoms with Crippen LogP contribution in [0, 0.1) is 0 Å². The minimum atomic E-state index is -0.396. The maximum Gasteiger partial charge on any atom is 0.343 e. The van der Waals surface area contributed by atoms with Crippen LogP contribution in [-0.4, -0.2) is 24.3 Å². The topological polar surface area (TPSA) is 70.4 Å². The van der Waals surface area contributed by atoms with Crippen LogP contribution in [0.5, 0.6) is 5.75 Å². The first-order valence-electron chi connectivity index (χ1n) is 7.10. The van der Waals surface area contributed by atoms with Crippen molar-refractivity contribution in [3.8, 4) is 5.75 Å². The standard InChI is InChI=1S/C15H22N3O3.2ClH/c1-4-17-12-7-6-11(21-10-15(19)20-3)8-13(12)18(5-2)14(17)9-16;;/h6-8H,4-5,9-10,16H2,1-3H3;2*1H/q+1;;/p-1. The van der Waals surface area contributed by atoms with Crippen molar-refractivity contribution in [2.24, 2.45) is 5.73 Å². The lowest BCUT2D eigenvalue weighted by Crippen LogP contribution is -3.00. The highest BCUT2D eigenvalue weighted by Crippen LogP contribution is 2.21. The van der Waals surface area contributed by atoms with Crippen molar-refractivity contribution in [2.45, 2.75) is 33.5 Å². The maximum atomic E-state index is 11.1. The molecule has 0 unspecified atom stereocenters. The Kier molecular flexibility index (Phi) is 8.97. The number of imidazole rings is 1. The predicted molar refractivity (Wildman–Crippen MR) is 86.1 cm³/mol. The van der Waals surface area contributed by atoms with E-state index in [2.05, 4.69) is 27.7 Å². The van der Waals surface area contributed by atoms with Crippen LogP contribution in [0.25, 0.3) is 11.0 Å². The molecule has 0 aliphatic carbocycles. The monoisotopic (exact) mass is 363 g/mol.